The Labute approximate surface area is 174 Å². The summed E-state index contributed by atoms with van der Waals surface area (Å²) in [5.74, 6) is -6.23. The molecule has 2 aliphatic heterocycles. The molecule has 168 valence electrons. The van der Waals surface area contributed by atoms with Crippen molar-refractivity contribution >= 4 is 33.8 Å². The molecule has 0 aromatic rings. The molecule has 2 saturated heterocycles. The summed E-state index contributed by atoms with van der Waals surface area (Å²) in [5.41, 5.74) is -2.93. The minimum absolute atomic E-state index is 0.252. The second-order valence-corrected chi connectivity index (χ2v) is 11.1. The van der Waals surface area contributed by atoms with Crippen LogP contribution in [0.2, 0.25) is 0 Å². The van der Waals surface area contributed by atoms with Crippen molar-refractivity contribution in [2.45, 2.75) is 56.0 Å². The van der Waals surface area contributed by atoms with Crippen molar-refractivity contribution in [2.75, 3.05) is 19.4 Å². The van der Waals surface area contributed by atoms with E-state index in [2.05, 4.69) is 10.1 Å². The third-order valence-corrected chi connectivity index (χ3v) is 8.02. The summed E-state index contributed by atoms with van der Waals surface area (Å²) in [7, 11) is -2.85. The minimum Gasteiger partial charge on any atom is -0.479 e. The van der Waals surface area contributed by atoms with Crippen molar-refractivity contribution < 1.29 is 42.2 Å². The molecule has 30 heavy (non-hydrogen) atoms. The van der Waals surface area contributed by atoms with E-state index >= 15 is 0 Å². The molecule has 12 heteroatoms. The summed E-state index contributed by atoms with van der Waals surface area (Å²) in [6, 6.07) is -0.992. The van der Waals surface area contributed by atoms with Gasteiger partial charge in [0.05, 0.1) is 24.0 Å². The Hall–Kier alpha value is -2.37. The van der Waals surface area contributed by atoms with Gasteiger partial charge in [-0.1, -0.05) is 0 Å². The van der Waals surface area contributed by atoms with E-state index in [0.29, 0.717) is 6.42 Å². The Bertz CT molecular complexity index is 894. The summed E-state index contributed by atoms with van der Waals surface area (Å²) < 4.78 is 34.9. The molecule has 2 N–H and O–H groups in total. The average molecular weight is 446 g/mol. The van der Waals surface area contributed by atoms with Gasteiger partial charge in [0.2, 0.25) is 5.91 Å². The van der Waals surface area contributed by atoms with E-state index in [1.807, 2.05) is 0 Å². The maximum atomic E-state index is 13.0. The van der Waals surface area contributed by atoms with Crippen LogP contribution in [0, 0.1) is 11.8 Å². The molecule has 2 heterocycles. The molecular weight excluding hydrogens is 420 g/mol. The number of hydrogen-bond donors (Lipinski definition) is 2. The van der Waals surface area contributed by atoms with Gasteiger partial charge in [0, 0.05) is 12.5 Å². The smallest absolute Gasteiger partial charge is 0.410 e. The van der Waals surface area contributed by atoms with E-state index in [9.17, 15) is 32.7 Å². The van der Waals surface area contributed by atoms with Gasteiger partial charge < -0.3 is 19.9 Å². The number of esters is 1. The van der Waals surface area contributed by atoms with Gasteiger partial charge in [0.15, 0.2) is 15.4 Å². The monoisotopic (exact) mass is 446 g/mol. The largest absolute Gasteiger partial charge is 0.479 e. The molecule has 1 saturated carbocycles. The maximum absolute atomic E-state index is 13.0. The van der Waals surface area contributed by atoms with Crippen LogP contribution in [0.25, 0.3) is 0 Å². The second-order valence-electron chi connectivity index (χ2n) is 8.94. The molecule has 0 spiro atoms. The van der Waals surface area contributed by atoms with Crippen LogP contribution >= 0.6 is 0 Å². The number of amides is 2. The molecule has 0 radical (unpaired) electrons. The molecule has 2 amide bonds. The second kappa shape index (κ2) is 7.10. The van der Waals surface area contributed by atoms with Crippen LogP contribution in [-0.4, -0.2) is 84.2 Å². The Morgan fingerprint density at radius 3 is 2.37 bits per heavy atom. The third kappa shape index (κ3) is 3.61. The Morgan fingerprint density at radius 1 is 1.20 bits per heavy atom. The van der Waals surface area contributed by atoms with E-state index in [-0.39, 0.29) is 13.0 Å². The number of carboxylic acids is 1. The van der Waals surface area contributed by atoms with Gasteiger partial charge >= 0.3 is 18.0 Å². The Morgan fingerprint density at radius 2 is 1.83 bits per heavy atom. The first-order valence-corrected chi connectivity index (χ1v) is 11.3. The van der Waals surface area contributed by atoms with Crippen LogP contribution in [0.3, 0.4) is 0 Å². The molecule has 3 rings (SSSR count). The number of rotatable bonds is 4. The number of ether oxygens (including phenoxy) is 2. The molecule has 0 bridgehead atoms. The maximum Gasteiger partial charge on any atom is 0.410 e. The van der Waals surface area contributed by atoms with Crippen molar-refractivity contribution in [3.05, 3.63) is 0 Å². The van der Waals surface area contributed by atoms with Crippen LogP contribution < -0.4 is 5.32 Å². The van der Waals surface area contributed by atoms with Crippen LogP contribution in [-0.2, 0) is 33.7 Å². The highest BCUT2D eigenvalue weighted by Crippen LogP contribution is 2.58. The van der Waals surface area contributed by atoms with Crippen molar-refractivity contribution in [3.63, 3.8) is 0 Å². The van der Waals surface area contributed by atoms with E-state index in [1.165, 1.54) is 4.90 Å². The molecule has 5 atom stereocenters. The summed E-state index contributed by atoms with van der Waals surface area (Å²) in [5, 5.41) is 11.0. The predicted molar refractivity (Wildman–Crippen MR) is 101 cm³/mol. The Balaban J connectivity index is 1.84. The lowest BCUT2D eigenvalue weighted by Crippen LogP contribution is -2.62. The molecule has 0 aromatic carbocycles. The number of methoxy groups -OCH3 is 1. The number of carboxylic acid groups (broad SMARTS) is 1. The topological polar surface area (TPSA) is 156 Å². The van der Waals surface area contributed by atoms with E-state index in [0.717, 1.165) is 7.11 Å². The van der Waals surface area contributed by atoms with Crippen molar-refractivity contribution in [2.24, 2.45) is 11.8 Å². The summed E-state index contributed by atoms with van der Waals surface area (Å²) in [4.78, 5) is 50.7. The molecule has 1 aliphatic carbocycles. The van der Waals surface area contributed by atoms with E-state index in [1.54, 1.807) is 20.8 Å². The average Bonchev–Trinajstić information content (AvgIpc) is 3.09. The van der Waals surface area contributed by atoms with Gasteiger partial charge in [-0.15, -0.1) is 0 Å². The number of nitrogens with one attached hydrogen (secondary N) is 1. The molecular formula is C18H26N2O9S. The number of aliphatic carboxylic acids is 1. The molecule has 11 nitrogen and oxygen atoms in total. The fourth-order valence-corrected chi connectivity index (χ4v) is 7.20. The minimum atomic E-state index is -3.93. The number of carbonyl (C=O) groups excluding carboxylic acids is 3. The van der Waals surface area contributed by atoms with Gasteiger partial charge in [-0.05, 0) is 33.6 Å². The summed E-state index contributed by atoms with van der Waals surface area (Å²) >= 11 is 0. The number of likely N-dealkylation sites (tertiary alicyclic amines) is 1. The SMILES string of the molecule is COC(=O)[C@@H]1[C@@H]2[C@H]1S(=O)(=O)C[C@@]2(NC(=O)[C@@H]1CCCN1C(=O)OC(C)(C)C)C(=O)O. The van der Waals surface area contributed by atoms with Gasteiger partial charge in [0.25, 0.3) is 0 Å². The lowest BCUT2D eigenvalue weighted by molar-refractivity contribution is -0.149. The van der Waals surface area contributed by atoms with Gasteiger partial charge in [-0.25, -0.2) is 18.0 Å². The number of fused-ring (bicyclic) bond motifs is 1. The lowest BCUT2D eigenvalue weighted by Gasteiger charge is -2.32. The van der Waals surface area contributed by atoms with Crippen LogP contribution in [0.15, 0.2) is 0 Å². The molecule has 0 unspecified atom stereocenters. The molecule has 3 aliphatic rings. The normalized spacial score (nSPS) is 34.1. The quantitative estimate of drug-likeness (QED) is 0.545. The highest BCUT2D eigenvalue weighted by Gasteiger charge is 2.79. The van der Waals surface area contributed by atoms with Gasteiger partial charge in [-0.2, -0.15) is 0 Å². The fourth-order valence-electron chi connectivity index (χ4n) is 4.50. The first kappa shape index (κ1) is 22.3. The number of nitrogens with zero attached hydrogens (tertiary/aromatic N) is 1. The third-order valence-electron chi connectivity index (χ3n) is 5.75. The van der Waals surface area contributed by atoms with Crippen LogP contribution in [0.1, 0.15) is 33.6 Å². The van der Waals surface area contributed by atoms with Gasteiger partial charge in [-0.3, -0.25) is 14.5 Å². The highest BCUT2D eigenvalue weighted by atomic mass is 32.2. The van der Waals surface area contributed by atoms with Crippen molar-refractivity contribution in [3.8, 4) is 0 Å². The predicted octanol–water partition coefficient (Wildman–Crippen LogP) is -0.458. The van der Waals surface area contributed by atoms with Gasteiger partial charge in [0.1, 0.15) is 11.6 Å². The highest BCUT2D eigenvalue weighted by molar-refractivity contribution is 7.92. The number of sulfone groups is 1. The number of carbonyl (C=O) groups is 4. The number of hydrogen-bond acceptors (Lipinski definition) is 8. The van der Waals surface area contributed by atoms with E-state index < -0.39 is 73.8 Å². The zero-order valence-electron chi connectivity index (χ0n) is 17.2. The fraction of sp³-hybridized carbons (Fsp3) is 0.778. The zero-order chi connectivity index (χ0) is 22.6. The first-order valence-electron chi connectivity index (χ1n) is 9.59. The zero-order valence-corrected chi connectivity index (χ0v) is 18.0. The molecule has 3 fully saturated rings. The Kier molecular flexibility index (Phi) is 5.28. The van der Waals surface area contributed by atoms with Crippen molar-refractivity contribution in [1.82, 2.24) is 10.2 Å². The van der Waals surface area contributed by atoms with E-state index in [4.69, 9.17) is 4.74 Å². The standard InChI is InChI=1S/C18H26N2O9S/c1-17(2,3)29-16(25)20-7-5-6-9(20)13(21)19-18(15(23)24)8-30(26,27)12-10(11(12)18)14(22)28-4/h9-12H,5-8H2,1-4H3,(H,19,21)(H,23,24)/t9-,10+,11+,12-,18-/m0/s1. The summed E-state index contributed by atoms with van der Waals surface area (Å²) in [6.45, 7) is 5.29. The van der Waals surface area contributed by atoms with Crippen LogP contribution in [0.4, 0.5) is 4.79 Å². The van der Waals surface area contributed by atoms with Crippen molar-refractivity contribution in [1.29, 1.82) is 0 Å². The molecule has 0 aromatic heterocycles. The first-order chi connectivity index (χ1) is 13.7. The summed E-state index contributed by atoms with van der Waals surface area (Å²) in [6.07, 6.45) is 0.0782. The van der Waals surface area contributed by atoms with Crippen LogP contribution in [0.5, 0.6) is 0 Å². The lowest BCUT2D eigenvalue weighted by atomic mass is 9.93.